The van der Waals surface area contributed by atoms with Crippen LogP contribution in [0.2, 0.25) is 0 Å². The zero-order valence-corrected chi connectivity index (χ0v) is 14.9. The number of piperidine rings is 1. The van der Waals surface area contributed by atoms with Crippen molar-refractivity contribution in [1.82, 2.24) is 4.90 Å². The number of carbonyl (C=O) groups excluding carboxylic acids is 2. The second-order valence-electron chi connectivity index (χ2n) is 6.75. The quantitative estimate of drug-likeness (QED) is 0.744. The molecule has 120 valence electrons. The zero-order chi connectivity index (χ0) is 16.4. The Morgan fingerprint density at radius 2 is 1.77 bits per heavy atom. The van der Waals surface area contributed by atoms with Crippen molar-refractivity contribution in [2.75, 3.05) is 13.1 Å². The van der Waals surface area contributed by atoms with Crippen molar-refractivity contribution in [2.24, 2.45) is 0 Å². The van der Waals surface area contributed by atoms with Crippen molar-refractivity contribution in [3.63, 3.8) is 0 Å². The van der Waals surface area contributed by atoms with Crippen LogP contribution in [0, 0.1) is 0 Å². The van der Waals surface area contributed by atoms with Gasteiger partial charge in [0.1, 0.15) is 11.9 Å². The highest BCUT2D eigenvalue weighted by Gasteiger charge is 2.38. The Hall–Kier alpha value is -1.36. The van der Waals surface area contributed by atoms with E-state index in [9.17, 15) is 9.59 Å². The minimum absolute atomic E-state index is 0.303. The first kappa shape index (κ1) is 17.0. The SMILES string of the molecule is CC(C)(C)OC(=O)N1CCC(C=O)(c2ccc(Br)cc2)CC1. The maximum atomic E-state index is 12.1. The highest BCUT2D eigenvalue weighted by Crippen LogP contribution is 2.34. The van der Waals surface area contributed by atoms with Crippen LogP contribution < -0.4 is 0 Å². The van der Waals surface area contributed by atoms with Gasteiger partial charge in [-0.1, -0.05) is 28.1 Å². The molecule has 0 bridgehead atoms. The fourth-order valence-electron chi connectivity index (χ4n) is 2.67. The fraction of sp³-hybridized carbons (Fsp3) is 0.529. The summed E-state index contributed by atoms with van der Waals surface area (Å²) >= 11 is 3.41. The molecule has 0 radical (unpaired) electrons. The molecule has 5 heteroatoms. The van der Waals surface area contributed by atoms with Gasteiger partial charge in [0.15, 0.2) is 0 Å². The number of ether oxygens (including phenoxy) is 1. The lowest BCUT2D eigenvalue weighted by Gasteiger charge is -2.39. The van der Waals surface area contributed by atoms with E-state index in [0.29, 0.717) is 25.9 Å². The van der Waals surface area contributed by atoms with Crippen molar-refractivity contribution < 1.29 is 14.3 Å². The summed E-state index contributed by atoms with van der Waals surface area (Å²) in [5.74, 6) is 0. The van der Waals surface area contributed by atoms with Crippen LogP contribution in [0.1, 0.15) is 39.2 Å². The van der Waals surface area contributed by atoms with Gasteiger partial charge in [-0.05, 0) is 51.3 Å². The van der Waals surface area contributed by atoms with E-state index in [-0.39, 0.29) is 6.09 Å². The molecule has 1 heterocycles. The Labute approximate surface area is 140 Å². The highest BCUT2D eigenvalue weighted by molar-refractivity contribution is 9.10. The zero-order valence-electron chi connectivity index (χ0n) is 13.3. The van der Waals surface area contributed by atoms with Crippen LogP contribution in [0.15, 0.2) is 28.7 Å². The average Bonchev–Trinajstić information content (AvgIpc) is 2.46. The molecular weight excluding hydrogens is 346 g/mol. The molecule has 4 nitrogen and oxygen atoms in total. The Bertz CT molecular complexity index is 540. The van der Waals surface area contributed by atoms with E-state index < -0.39 is 11.0 Å². The Kier molecular flexibility index (Phi) is 4.95. The highest BCUT2D eigenvalue weighted by atomic mass is 79.9. The number of hydrogen-bond donors (Lipinski definition) is 0. The van der Waals surface area contributed by atoms with Crippen LogP contribution in [-0.4, -0.2) is 36.0 Å². The normalized spacial score (nSPS) is 17.9. The minimum atomic E-state index is -0.501. The van der Waals surface area contributed by atoms with E-state index in [1.165, 1.54) is 0 Å². The molecule has 1 fully saturated rings. The van der Waals surface area contributed by atoms with Gasteiger partial charge >= 0.3 is 6.09 Å². The van der Waals surface area contributed by atoms with Crippen LogP contribution in [0.5, 0.6) is 0 Å². The van der Waals surface area contributed by atoms with E-state index in [2.05, 4.69) is 15.9 Å². The van der Waals surface area contributed by atoms with Crippen LogP contribution in [0.3, 0.4) is 0 Å². The number of halogens is 1. The summed E-state index contributed by atoms with van der Waals surface area (Å²) in [5, 5.41) is 0. The minimum Gasteiger partial charge on any atom is -0.444 e. The van der Waals surface area contributed by atoms with Gasteiger partial charge < -0.3 is 14.4 Å². The lowest BCUT2D eigenvalue weighted by atomic mass is 9.74. The summed E-state index contributed by atoms with van der Waals surface area (Å²) in [7, 11) is 0. The largest absolute Gasteiger partial charge is 0.444 e. The van der Waals surface area contributed by atoms with Crippen molar-refractivity contribution >= 4 is 28.3 Å². The van der Waals surface area contributed by atoms with Crippen molar-refractivity contribution in [2.45, 2.75) is 44.6 Å². The van der Waals surface area contributed by atoms with Gasteiger partial charge in [-0.15, -0.1) is 0 Å². The first-order chi connectivity index (χ1) is 10.3. The van der Waals surface area contributed by atoms with E-state index in [1.807, 2.05) is 45.0 Å². The maximum Gasteiger partial charge on any atom is 0.410 e. The molecule has 1 aliphatic rings. The molecule has 1 amide bonds. The summed E-state index contributed by atoms with van der Waals surface area (Å²) in [5.41, 5.74) is 0.0100. The molecule has 1 aromatic rings. The number of rotatable bonds is 2. The predicted molar refractivity (Wildman–Crippen MR) is 88.9 cm³/mol. The van der Waals surface area contributed by atoms with Crippen molar-refractivity contribution in [1.29, 1.82) is 0 Å². The van der Waals surface area contributed by atoms with Gasteiger partial charge in [-0.3, -0.25) is 0 Å². The molecule has 0 saturated carbocycles. The van der Waals surface area contributed by atoms with Crippen LogP contribution in [0.25, 0.3) is 0 Å². The maximum absolute atomic E-state index is 12.1. The molecule has 0 spiro atoms. The average molecular weight is 368 g/mol. The van der Waals surface area contributed by atoms with Gasteiger partial charge in [0.25, 0.3) is 0 Å². The molecule has 1 saturated heterocycles. The van der Waals surface area contributed by atoms with E-state index >= 15 is 0 Å². The lowest BCUT2D eigenvalue weighted by molar-refractivity contribution is -0.114. The molecule has 0 N–H and O–H groups in total. The Morgan fingerprint density at radius 1 is 1.23 bits per heavy atom. The molecule has 0 unspecified atom stereocenters. The Morgan fingerprint density at radius 3 is 2.23 bits per heavy atom. The van der Waals surface area contributed by atoms with E-state index in [0.717, 1.165) is 16.3 Å². The van der Waals surface area contributed by atoms with Gasteiger partial charge in [-0.2, -0.15) is 0 Å². The standard InChI is InChI=1S/C17H22BrNO3/c1-16(2,3)22-15(21)19-10-8-17(12-20,9-11-19)13-4-6-14(18)7-5-13/h4-7,12H,8-11H2,1-3H3. The topological polar surface area (TPSA) is 46.6 Å². The van der Waals surface area contributed by atoms with Crippen LogP contribution in [0.4, 0.5) is 4.79 Å². The third-order valence-corrected chi connectivity index (χ3v) is 4.48. The number of likely N-dealkylation sites (tertiary alicyclic amines) is 1. The molecule has 1 aliphatic heterocycles. The van der Waals surface area contributed by atoms with Gasteiger partial charge in [0.2, 0.25) is 0 Å². The number of carbonyl (C=O) groups is 2. The van der Waals surface area contributed by atoms with Gasteiger partial charge in [0.05, 0.1) is 5.41 Å². The number of amides is 1. The van der Waals surface area contributed by atoms with Gasteiger partial charge in [-0.25, -0.2) is 4.79 Å². The molecule has 0 atom stereocenters. The van der Waals surface area contributed by atoms with E-state index in [4.69, 9.17) is 4.74 Å². The molecular formula is C17H22BrNO3. The van der Waals surface area contributed by atoms with Crippen molar-refractivity contribution in [3.05, 3.63) is 34.3 Å². The van der Waals surface area contributed by atoms with Crippen LogP contribution >= 0.6 is 15.9 Å². The Balaban J connectivity index is 2.07. The summed E-state index contributed by atoms with van der Waals surface area (Å²) in [6.07, 6.45) is 1.97. The predicted octanol–water partition coefficient (Wildman–Crippen LogP) is 3.92. The summed E-state index contributed by atoms with van der Waals surface area (Å²) in [4.78, 5) is 25.5. The van der Waals surface area contributed by atoms with Crippen LogP contribution in [-0.2, 0) is 14.9 Å². The number of aldehydes is 1. The molecule has 22 heavy (non-hydrogen) atoms. The second kappa shape index (κ2) is 6.41. The molecule has 2 rings (SSSR count). The fourth-order valence-corrected chi connectivity index (χ4v) is 2.94. The van der Waals surface area contributed by atoms with Gasteiger partial charge in [0, 0.05) is 17.6 Å². The number of nitrogens with zero attached hydrogens (tertiary/aromatic N) is 1. The molecule has 1 aromatic carbocycles. The summed E-state index contributed by atoms with van der Waals surface area (Å²) in [6.45, 7) is 6.62. The third kappa shape index (κ3) is 3.88. The molecule has 0 aliphatic carbocycles. The number of benzene rings is 1. The van der Waals surface area contributed by atoms with E-state index in [1.54, 1.807) is 4.90 Å². The second-order valence-corrected chi connectivity index (χ2v) is 7.66. The van der Waals surface area contributed by atoms with Crippen molar-refractivity contribution in [3.8, 4) is 0 Å². The third-order valence-electron chi connectivity index (χ3n) is 3.95. The first-order valence-electron chi connectivity index (χ1n) is 7.46. The summed E-state index contributed by atoms with van der Waals surface area (Å²) in [6, 6.07) is 7.84. The lowest BCUT2D eigenvalue weighted by Crippen LogP contribution is -2.47. The first-order valence-corrected chi connectivity index (χ1v) is 8.25. The monoisotopic (exact) mass is 367 g/mol. The number of hydrogen-bond acceptors (Lipinski definition) is 3. The smallest absolute Gasteiger partial charge is 0.410 e. The summed E-state index contributed by atoms with van der Waals surface area (Å²) < 4.78 is 6.38. The molecule has 0 aromatic heterocycles.